The average Bonchev–Trinajstić information content (AvgIpc) is 2.95. The molecule has 120 valence electrons. The molecule has 1 atom stereocenters. The van der Waals surface area contributed by atoms with Crippen LogP contribution in [0, 0.1) is 5.92 Å². The molecule has 0 aliphatic carbocycles. The fraction of sp³-hybridized carbons (Fsp3) is 0.588. The maximum atomic E-state index is 5.75. The van der Waals surface area contributed by atoms with Crippen molar-refractivity contribution in [2.24, 2.45) is 5.92 Å². The van der Waals surface area contributed by atoms with Crippen LogP contribution < -0.4 is 5.32 Å². The zero-order chi connectivity index (χ0) is 15.4. The summed E-state index contributed by atoms with van der Waals surface area (Å²) in [5.41, 5.74) is 1.73. The van der Waals surface area contributed by atoms with Crippen LogP contribution in [-0.4, -0.2) is 48.8 Å². The number of nitrogens with one attached hydrogen (secondary N) is 1. The molecule has 0 bridgehead atoms. The minimum absolute atomic E-state index is 0.485. The van der Waals surface area contributed by atoms with Gasteiger partial charge in [-0.05, 0) is 24.5 Å². The van der Waals surface area contributed by atoms with Gasteiger partial charge < -0.3 is 14.5 Å². The van der Waals surface area contributed by atoms with E-state index in [0.29, 0.717) is 18.0 Å². The highest BCUT2D eigenvalue weighted by atomic mass is 16.5. The number of benzene rings is 1. The molecule has 2 heterocycles. The summed E-state index contributed by atoms with van der Waals surface area (Å²) in [5, 5.41) is 3.38. The van der Waals surface area contributed by atoms with Crippen molar-refractivity contribution < 1.29 is 9.15 Å². The monoisotopic (exact) mass is 303 g/mol. The fourth-order valence-corrected chi connectivity index (χ4v) is 3.00. The zero-order valence-electron chi connectivity index (χ0n) is 13.4. The molecule has 3 rings (SSSR count). The number of hydrogen-bond donors (Lipinski definition) is 1. The largest absolute Gasteiger partial charge is 0.424 e. The maximum absolute atomic E-state index is 5.75. The van der Waals surface area contributed by atoms with E-state index < -0.39 is 0 Å². The lowest BCUT2D eigenvalue weighted by molar-refractivity contribution is 0.0150. The van der Waals surface area contributed by atoms with Crippen LogP contribution in [-0.2, 0) is 4.74 Å². The van der Waals surface area contributed by atoms with Gasteiger partial charge in [-0.1, -0.05) is 26.0 Å². The first-order valence-electron chi connectivity index (χ1n) is 8.13. The first-order valence-corrected chi connectivity index (χ1v) is 8.13. The molecule has 1 N–H and O–H groups in total. The highest BCUT2D eigenvalue weighted by molar-refractivity contribution is 5.74. The minimum Gasteiger partial charge on any atom is -0.424 e. The Morgan fingerprint density at radius 2 is 2.00 bits per heavy atom. The summed E-state index contributed by atoms with van der Waals surface area (Å²) >= 11 is 0. The molecule has 0 saturated carbocycles. The van der Waals surface area contributed by atoms with E-state index in [1.165, 1.54) is 0 Å². The molecule has 1 saturated heterocycles. The SMILES string of the molecule is CC(C)CC(CNc1nc2ccccc2o1)N1CCOCC1. The van der Waals surface area contributed by atoms with E-state index in [4.69, 9.17) is 9.15 Å². The highest BCUT2D eigenvalue weighted by Crippen LogP contribution is 2.19. The van der Waals surface area contributed by atoms with E-state index in [9.17, 15) is 0 Å². The number of hydrogen-bond acceptors (Lipinski definition) is 5. The Labute approximate surface area is 131 Å². The number of oxazole rings is 1. The van der Waals surface area contributed by atoms with Crippen molar-refractivity contribution in [2.75, 3.05) is 38.2 Å². The van der Waals surface area contributed by atoms with E-state index in [-0.39, 0.29) is 0 Å². The molecule has 5 heteroatoms. The third-order valence-corrected chi connectivity index (χ3v) is 4.09. The molecule has 1 aromatic heterocycles. The molecule has 1 aliphatic rings. The van der Waals surface area contributed by atoms with Crippen molar-refractivity contribution in [1.82, 2.24) is 9.88 Å². The molecule has 22 heavy (non-hydrogen) atoms. The summed E-state index contributed by atoms with van der Waals surface area (Å²) < 4.78 is 11.2. The van der Waals surface area contributed by atoms with Crippen LogP contribution >= 0.6 is 0 Å². The summed E-state index contributed by atoms with van der Waals surface area (Å²) in [6.45, 7) is 9.07. The van der Waals surface area contributed by atoms with E-state index in [1.54, 1.807) is 0 Å². The summed E-state index contributed by atoms with van der Waals surface area (Å²) in [4.78, 5) is 7.00. The van der Waals surface area contributed by atoms with Crippen LogP contribution in [0.1, 0.15) is 20.3 Å². The van der Waals surface area contributed by atoms with Crippen molar-refractivity contribution in [2.45, 2.75) is 26.3 Å². The fourth-order valence-electron chi connectivity index (χ4n) is 3.00. The zero-order valence-corrected chi connectivity index (χ0v) is 13.4. The molecule has 0 spiro atoms. The molecule has 0 amide bonds. The Balaban J connectivity index is 1.64. The van der Waals surface area contributed by atoms with Crippen molar-refractivity contribution in [3.05, 3.63) is 24.3 Å². The van der Waals surface area contributed by atoms with E-state index in [1.807, 2.05) is 24.3 Å². The maximum Gasteiger partial charge on any atom is 0.295 e. The Kier molecular flexibility index (Phi) is 4.95. The Morgan fingerprint density at radius 3 is 2.73 bits per heavy atom. The average molecular weight is 303 g/mol. The molecule has 1 fully saturated rings. The van der Waals surface area contributed by atoms with Crippen molar-refractivity contribution in [3.63, 3.8) is 0 Å². The molecule has 1 unspecified atom stereocenters. The highest BCUT2D eigenvalue weighted by Gasteiger charge is 2.22. The van der Waals surface area contributed by atoms with Crippen LogP contribution in [0.2, 0.25) is 0 Å². The quantitative estimate of drug-likeness (QED) is 0.889. The first kappa shape index (κ1) is 15.3. The van der Waals surface area contributed by atoms with Gasteiger partial charge in [0.25, 0.3) is 6.01 Å². The number of para-hydroxylation sites is 2. The number of anilines is 1. The Hall–Kier alpha value is -1.59. The number of rotatable bonds is 6. The smallest absolute Gasteiger partial charge is 0.295 e. The summed E-state index contributed by atoms with van der Waals surface area (Å²) in [6.07, 6.45) is 1.16. The lowest BCUT2D eigenvalue weighted by Crippen LogP contribution is -2.47. The standard InChI is InChI=1S/C17H25N3O2/c1-13(2)11-14(20-7-9-21-10-8-20)12-18-17-19-15-5-3-4-6-16(15)22-17/h3-6,13-14H,7-12H2,1-2H3,(H,18,19). The third-order valence-electron chi connectivity index (χ3n) is 4.09. The van der Waals surface area contributed by atoms with Gasteiger partial charge in [-0.15, -0.1) is 0 Å². The molecule has 1 aromatic carbocycles. The van der Waals surface area contributed by atoms with Gasteiger partial charge in [0.2, 0.25) is 0 Å². The van der Waals surface area contributed by atoms with Crippen LogP contribution in [0.15, 0.2) is 28.7 Å². The number of aromatic nitrogens is 1. The van der Waals surface area contributed by atoms with Gasteiger partial charge in [-0.3, -0.25) is 4.90 Å². The molecule has 5 nitrogen and oxygen atoms in total. The van der Waals surface area contributed by atoms with Gasteiger partial charge in [0.1, 0.15) is 5.52 Å². The van der Waals surface area contributed by atoms with Gasteiger partial charge in [0.15, 0.2) is 5.58 Å². The van der Waals surface area contributed by atoms with Crippen LogP contribution in [0.5, 0.6) is 0 Å². The van der Waals surface area contributed by atoms with Gasteiger partial charge in [-0.2, -0.15) is 4.98 Å². The van der Waals surface area contributed by atoms with E-state index in [2.05, 4.69) is 29.0 Å². The minimum atomic E-state index is 0.485. The lowest BCUT2D eigenvalue weighted by Gasteiger charge is -2.35. The Morgan fingerprint density at radius 1 is 1.23 bits per heavy atom. The van der Waals surface area contributed by atoms with Crippen molar-refractivity contribution >= 4 is 17.1 Å². The van der Waals surface area contributed by atoms with Gasteiger partial charge in [-0.25, -0.2) is 0 Å². The van der Waals surface area contributed by atoms with Gasteiger partial charge in [0.05, 0.1) is 13.2 Å². The normalized spacial score (nSPS) is 18.0. The molecule has 0 radical (unpaired) electrons. The van der Waals surface area contributed by atoms with Crippen molar-refractivity contribution in [3.8, 4) is 0 Å². The predicted molar refractivity (Wildman–Crippen MR) is 88.1 cm³/mol. The third kappa shape index (κ3) is 3.78. The van der Waals surface area contributed by atoms with E-state index >= 15 is 0 Å². The van der Waals surface area contributed by atoms with Gasteiger partial charge >= 0.3 is 0 Å². The van der Waals surface area contributed by atoms with Crippen LogP contribution in [0.4, 0.5) is 6.01 Å². The number of morpholine rings is 1. The Bertz CT molecular complexity index is 557. The second-order valence-corrected chi connectivity index (χ2v) is 6.30. The predicted octanol–water partition coefficient (Wildman–Crippen LogP) is 2.99. The first-order chi connectivity index (χ1) is 10.7. The van der Waals surface area contributed by atoms with E-state index in [0.717, 1.165) is 50.4 Å². The van der Waals surface area contributed by atoms with Crippen LogP contribution in [0.3, 0.4) is 0 Å². The second kappa shape index (κ2) is 7.11. The number of ether oxygens (including phenoxy) is 1. The molecular formula is C17H25N3O2. The molecule has 2 aromatic rings. The topological polar surface area (TPSA) is 50.5 Å². The molecular weight excluding hydrogens is 278 g/mol. The summed E-state index contributed by atoms with van der Waals surface area (Å²) in [5.74, 6) is 0.665. The van der Waals surface area contributed by atoms with Crippen LogP contribution in [0.25, 0.3) is 11.1 Å². The summed E-state index contributed by atoms with van der Waals surface area (Å²) in [7, 11) is 0. The lowest BCUT2D eigenvalue weighted by atomic mass is 10.0. The van der Waals surface area contributed by atoms with Crippen molar-refractivity contribution in [1.29, 1.82) is 0 Å². The number of fused-ring (bicyclic) bond motifs is 1. The second-order valence-electron chi connectivity index (χ2n) is 6.30. The number of nitrogens with zero attached hydrogens (tertiary/aromatic N) is 2. The molecule has 1 aliphatic heterocycles. The van der Waals surface area contributed by atoms with Gasteiger partial charge in [0, 0.05) is 25.7 Å². The summed E-state index contributed by atoms with van der Waals surface area (Å²) in [6, 6.07) is 8.96.